The number of rotatable bonds is 5. The first kappa shape index (κ1) is 18.9. The Kier molecular flexibility index (Phi) is 6.08. The van der Waals surface area contributed by atoms with Crippen molar-refractivity contribution in [3.63, 3.8) is 0 Å². The van der Waals surface area contributed by atoms with Crippen LogP contribution in [-0.2, 0) is 0 Å². The summed E-state index contributed by atoms with van der Waals surface area (Å²) < 4.78 is 6.16. The van der Waals surface area contributed by atoms with Crippen molar-refractivity contribution in [1.82, 2.24) is 0 Å². The molecule has 2 N–H and O–H groups in total. The van der Waals surface area contributed by atoms with Crippen LogP contribution in [-0.4, -0.2) is 18.9 Å². The maximum atomic E-state index is 12.3. The third-order valence-corrected chi connectivity index (χ3v) is 4.58. The van der Waals surface area contributed by atoms with Crippen LogP contribution in [0.2, 0.25) is 0 Å². The van der Waals surface area contributed by atoms with E-state index in [0.29, 0.717) is 22.5 Å². The third-order valence-electron chi connectivity index (χ3n) is 3.86. The van der Waals surface area contributed by atoms with Gasteiger partial charge in [-0.2, -0.15) is 0 Å². The van der Waals surface area contributed by atoms with E-state index in [-0.39, 0.29) is 11.8 Å². The second kappa shape index (κ2) is 8.68. The van der Waals surface area contributed by atoms with E-state index in [2.05, 4.69) is 33.2 Å². The van der Waals surface area contributed by atoms with Gasteiger partial charge in [-0.05, 0) is 95.4 Å². The van der Waals surface area contributed by atoms with Gasteiger partial charge in [-0.25, -0.2) is 0 Å². The number of nitrogens with one attached hydrogen (secondary N) is 2. The Morgan fingerprint density at radius 3 is 1.56 bits per heavy atom. The van der Waals surface area contributed by atoms with Crippen LogP contribution < -0.4 is 15.4 Å². The predicted octanol–water partition coefficient (Wildman–Crippen LogP) is 4.80. The van der Waals surface area contributed by atoms with Gasteiger partial charge in [-0.3, -0.25) is 9.59 Å². The summed E-state index contributed by atoms with van der Waals surface area (Å²) in [5, 5.41) is 5.64. The van der Waals surface area contributed by atoms with Crippen molar-refractivity contribution >= 4 is 45.8 Å². The largest absolute Gasteiger partial charge is 0.497 e. The SMILES string of the molecule is COc1ccc(NC(=O)c2ccc(NC(=O)c3ccc(I)cc3)cc2)cc1. The molecule has 3 aromatic rings. The molecule has 0 atom stereocenters. The number of anilines is 2. The van der Waals surface area contributed by atoms with Gasteiger partial charge in [0.05, 0.1) is 7.11 Å². The zero-order valence-corrected chi connectivity index (χ0v) is 16.7. The Bertz CT molecular complexity index is 937. The van der Waals surface area contributed by atoms with Gasteiger partial charge in [0.25, 0.3) is 11.8 Å². The molecular weight excluding hydrogens is 455 g/mol. The number of halogens is 1. The Balaban J connectivity index is 1.62. The summed E-state index contributed by atoms with van der Waals surface area (Å²) in [6, 6.07) is 21.1. The molecular formula is C21H17IN2O3. The molecule has 0 heterocycles. The number of carbonyl (C=O) groups excluding carboxylic acids is 2. The highest BCUT2D eigenvalue weighted by Gasteiger charge is 2.09. The molecule has 0 radical (unpaired) electrons. The first-order valence-electron chi connectivity index (χ1n) is 8.17. The highest BCUT2D eigenvalue weighted by Crippen LogP contribution is 2.17. The van der Waals surface area contributed by atoms with Gasteiger partial charge in [-0.15, -0.1) is 0 Å². The fourth-order valence-electron chi connectivity index (χ4n) is 2.39. The lowest BCUT2D eigenvalue weighted by atomic mass is 10.1. The molecule has 0 aliphatic rings. The van der Waals surface area contributed by atoms with Gasteiger partial charge in [0.15, 0.2) is 0 Å². The van der Waals surface area contributed by atoms with Crippen LogP contribution in [0, 0.1) is 3.57 Å². The lowest BCUT2D eigenvalue weighted by Crippen LogP contribution is -2.13. The standard InChI is InChI=1S/C21H17IN2O3/c1-27-19-12-10-18(11-13-19)24-21(26)15-4-8-17(9-5-15)23-20(25)14-2-6-16(22)7-3-14/h2-13H,1H3,(H,23,25)(H,24,26). The number of hydrogen-bond donors (Lipinski definition) is 2. The van der Waals surface area contributed by atoms with Crippen molar-refractivity contribution in [3.8, 4) is 5.75 Å². The first-order valence-corrected chi connectivity index (χ1v) is 9.25. The number of benzene rings is 3. The van der Waals surface area contributed by atoms with Crippen molar-refractivity contribution in [3.05, 3.63) is 87.5 Å². The van der Waals surface area contributed by atoms with Crippen LogP contribution >= 0.6 is 22.6 Å². The quantitative estimate of drug-likeness (QED) is 0.525. The molecule has 0 unspecified atom stereocenters. The fraction of sp³-hybridized carbons (Fsp3) is 0.0476. The normalized spacial score (nSPS) is 10.1. The van der Waals surface area contributed by atoms with Crippen LogP contribution in [0.1, 0.15) is 20.7 Å². The van der Waals surface area contributed by atoms with E-state index in [4.69, 9.17) is 4.74 Å². The van der Waals surface area contributed by atoms with Crippen molar-refractivity contribution in [2.45, 2.75) is 0 Å². The molecule has 0 fully saturated rings. The van der Waals surface area contributed by atoms with Crippen LogP contribution in [0.4, 0.5) is 11.4 Å². The third kappa shape index (κ3) is 5.07. The van der Waals surface area contributed by atoms with E-state index >= 15 is 0 Å². The molecule has 0 bridgehead atoms. The van der Waals surface area contributed by atoms with Crippen molar-refractivity contribution in [2.24, 2.45) is 0 Å². The molecule has 136 valence electrons. The van der Waals surface area contributed by atoms with E-state index in [9.17, 15) is 9.59 Å². The fourth-order valence-corrected chi connectivity index (χ4v) is 2.75. The highest BCUT2D eigenvalue weighted by atomic mass is 127. The molecule has 0 spiro atoms. The number of carbonyl (C=O) groups is 2. The second-order valence-electron chi connectivity index (χ2n) is 5.72. The zero-order valence-electron chi connectivity index (χ0n) is 14.5. The van der Waals surface area contributed by atoms with Crippen molar-refractivity contribution < 1.29 is 14.3 Å². The second-order valence-corrected chi connectivity index (χ2v) is 6.97. The van der Waals surface area contributed by atoms with Gasteiger partial charge in [0.1, 0.15) is 5.75 Å². The number of hydrogen-bond acceptors (Lipinski definition) is 3. The molecule has 3 rings (SSSR count). The highest BCUT2D eigenvalue weighted by molar-refractivity contribution is 14.1. The lowest BCUT2D eigenvalue weighted by molar-refractivity contribution is 0.102. The minimum absolute atomic E-state index is 0.193. The summed E-state index contributed by atoms with van der Waals surface area (Å²) in [7, 11) is 1.59. The Hall–Kier alpha value is -2.87. The van der Waals surface area contributed by atoms with E-state index in [1.54, 1.807) is 67.8 Å². The van der Waals surface area contributed by atoms with Gasteiger partial charge in [0, 0.05) is 26.1 Å². The zero-order chi connectivity index (χ0) is 19.2. The minimum atomic E-state index is -0.226. The molecule has 27 heavy (non-hydrogen) atoms. The first-order chi connectivity index (χ1) is 13.0. The van der Waals surface area contributed by atoms with Crippen molar-refractivity contribution in [1.29, 1.82) is 0 Å². The lowest BCUT2D eigenvalue weighted by Gasteiger charge is -2.08. The smallest absolute Gasteiger partial charge is 0.255 e. The predicted molar refractivity (Wildman–Crippen MR) is 115 cm³/mol. The summed E-state index contributed by atoms with van der Waals surface area (Å²) in [6.07, 6.45) is 0. The molecule has 5 nitrogen and oxygen atoms in total. The van der Waals surface area contributed by atoms with Crippen LogP contribution in [0.25, 0.3) is 0 Å². The van der Waals surface area contributed by atoms with Gasteiger partial charge >= 0.3 is 0 Å². The molecule has 2 amide bonds. The van der Waals surface area contributed by atoms with E-state index in [1.807, 2.05) is 12.1 Å². The van der Waals surface area contributed by atoms with Crippen molar-refractivity contribution in [2.75, 3.05) is 17.7 Å². The number of amides is 2. The van der Waals surface area contributed by atoms with Gasteiger partial charge < -0.3 is 15.4 Å². The molecule has 0 saturated heterocycles. The van der Waals surface area contributed by atoms with Gasteiger partial charge in [0.2, 0.25) is 0 Å². The van der Waals surface area contributed by atoms with Crippen LogP contribution in [0.3, 0.4) is 0 Å². The summed E-state index contributed by atoms with van der Waals surface area (Å²) in [4.78, 5) is 24.6. The molecule has 3 aromatic carbocycles. The monoisotopic (exact) mass is 472 g/mol. The Morgan fingerprint density at radius 2 is 1.11 bits per heavy atom. The Labute approximate surface area is 170 Å². The molecule has 6 heteroatoms. The Morgan fingerprint density at radius 1 is 0.704 bits per heavy atom. The maximum absolute atomic E-state index is 12.3. The average molecular weight is 472 g/mol. The summed E-state index contributed by atoms with van der Waals surface area (Å²) >= 11 is 2.19. The van der Waals surface area contributed by atoms with E-state index in [0.717, 1.165) is 9.32 Å². The van der Waals surface area contributed by atoms with E-state index in [1.165, 1.54) is 0 Å². The summed E-state index contributed by atoms with van der Waals surface area (Å²) in [5.41, 5.74) is 2.38. The number of ether oxygens (including phenoxy) is 1. The molecule has 0 aliphatic heterocycles. The van der Waals surface area contributed by atoms with Crippen LogP contribution in [0.15, 0.2) is 72.8 Å². The minimum Gasteiger partial charge on any atom is -0.497 e. The van der Waals surface area contributed by atoms with E-state index < -0.39 is 0 Å². The molecule has 0 saturated carbocycles. The van der Waals surface area contributed by atoms with Gasteiger partial charge in [-0.1, -0.05) is 0 Å². The average Bonchev–Trinajstić information content (AvgIpc) is 2.69. The number of methoxy groups -OCH3 is 1. The van der Waals surface area contributed by atoms with Crippen LogP contribution in [0.5, 0.6) is 5.75 Å². The molecule has 0 aromatic heterocycles. The summed E-state index contributed by atoms with van der Waals surface area (Å²) in [5.74, 6) is 0.304. The maximum Gasteiger partial charge on any atom is 0.255 e. The molecule has 0 aliphatic carbocycles. The topological polar surface area (TPSA) is 67.4 Å². The summed E-state index contributed by atoms with van der Waals surface area (Å²) in [6.45, 7) is 0.